The molecule has 0 unspecified atom stereocenters. The van der Waals surface area contributed by atoms with Crippen molar-refractivity contribution in [3.8, 4) is 0 Å². The third kappa shape index (κ3) is 8.13. The molecule has 0 heterocycles. The summed E-state index contributed by atoms with van der Waals surface area (Å²) in [6.07, 6.45) is 1.26. The minimum absolute atomic E-state index is 0.0336. The second kappa shape index (κ2) is 10.4. The second-order valence-electron chi connectivity index (χ2n) is 5.78. The van der Waals surface area contributed by atoms with Crippen molar-refractivity contribution in [2.75, 3.05) is 40.3 Å². The largest absolute Gasteiger partial charge is 0.354 e. The number of hydrogen-bond acceptors (Lipinski definition) is 3. The van der Waals surface area contributed by atoms with E-state index in [-0.39, 0.29) is 11.8 Å². The summed E-state index contributed by atoms with van der Waals surface area (Å²) in [6.45, 7) is 4.25. The molecule has 2 amide bonds. The average molecular weight is 384 g/mol. The summed E-state index contributed by atoms with van der Waals surface area (Å²) in [5.74, 6) is 0.0116. The van der Waals surface area contributed by atoms with E-state index in [4.69, 9.17) is 0 Å². The Labute approximate surface area is 147 Å². The van der Waals surface area contributed by atoms with E-state index in [9.17, 15) is 9.59 Å². The van der Waals surface area contributed by atoms with Crippen LogP contribution >= 0.6 is 15.9 Å². The molecule has 0 aromatic heterocycles. The van der Waals surface area contributed by atoms with Crippen molar-refractivity contribution < 1.29 is 9.59 Å². The summed E-state index contributed by atoms with van der Waals surface area (Å²) in [4.78, 5) is 27.5. The van der Waals surface area contributed by atoms with Gasteiger partial charge in [-0.25, -0.2) is 0 Å². The molecule has 0 aliphatic carbocycles. The maximum Gasteiger partial charge on any atom is 0.224 e. The van der Waals surface area contributed by atoms with Gasteiger partial charge in [-0.1, -0.05) is 34.1 Å². The Balaban J connectivity index is 2.33. The Morgan fingerprint density at radius 1 is 1.13 bits per heavy atom. The SMILES string of the molecule is CC(=O)N(CCCN(C)C)CCNC(=O)Cc1ccccc1Br. The van der Waals surface area contributed by atoms with E-state index in [0.29, 0.717) is 26.1 Å². The molecule has 6 heteroatoms. The Morgan fingerprint density at radius 2 is 1.83 bits per heavy atom. The molecule has 1 N–H and O–H groups in total. The van der Waals surface area contributed by atoms with E-state index in [1.54, 1.807) is 11.8 Å². The smallest absolute Gasteiger partial charge is 0.224 e. The molecular formula is C17H26BrN3O2. The van der Waals surface area contributed by atoms with Crippen molar-refractivity contribution >= 4 is 27.7 Å². The molecule has 0 bridgehead atoms. The molecule has 0 saturated carbocycles. The molecule has 1 aromatic carbocycles. The molecular weight excluding hydrogens is 358 g/mol. The first-order valence-electron chi connectivity index (χ1n) is 7.80. The number of nitrogens with zero attached hydrogens (tertiary/aromatic N) is 2. The lowest BCUT2D eigenvalue weighted by Crippen LogP contribution is -2.39. The van der Waals surface area contributed by atoms with Gasteiger partial charge in [0, 0.05) is 31.0 Å². The zero-order valence-electron chi connectivity index (χ0n) is 14.1. The highest BCUT2D eigenvalue weighted by atomic mass is 79.9. The first kappa shape index (κ1) is 19.6. The fourth-order valence-corrected chi connectivity index (χ4v) is 2.64. The summed E-state index contributed by atoms with van der Waals surface area (Å²) >= 11 is 3.44. The van der Waals surface area contributed by atoms with Crippen molar-refractivity contribution in [2.45, 2.75) is 19.8 Å². The van der Waals surface area contributed by atoms with Crippen LogP contribution in [0.5, 0.6) is 0 Å². The molecule has 1 aromatic rings. The van der Waals surface area contributed by atoms with E-state index < -0.39 is 0 Å². The summed E-state index contributed by atoms with van der Waals surface area (Å²) in [5, 5.41) is 2.88. The highest BCUT2D eigenvalue weighted by molar-refractivity contribution is 9.10. The third-order valence-corrected chi connectivity index (χ3v) is 4.27. The number of halogens is 1. The molecule has 0 fully saturated rings. The second-order valence-corrected chi connectivity index (χ2v) is 6.64. The van der Waals surface area contributed by atoms with E-state index in [0.717, 1.165) is 23.0 Å². The Morgan fingerprint density at radius 3 is 2.43 bits per heavy atom. The molecule has 1 rings (SSSR count). The highest BCUT2D eigenvalue weighted by Crippen LogP contribution is 2.16. The number of nitrogens with one attached hydrogen (secondary N) is 1. The van der Waals surface area contributed by atoms with Crippen LogP contribution < -0.4 is 5.32 Å². The predicted octanol–water partition coefficient (Wildman–Crippen LogP) is 1.91. The lowest BCUT2D eigenvalue weighted by atomic mass is 10.1. The molecule has 0 radical (unpaired) electrons. The quantitative estimate of drug-likeness (QED) is 0.708. The standard InChI is InChI=1S/C17H26BrN3O2/c1-14(22)21(11-6-10-20(2)3)12-9-19-17(23)13-15-7-4-5-8-16(15)18/h4-5,7-8H,6,9-13H2,1-3H3,(H,19,23). The van der Waals surface area contributed by atoms with Gasteiger partial charge < -0.3 is 15.1 Å². The summed E-state index contributed by atoms with van der Waals surface area (Å²) in [7, 11) is 4.03. The van der Waals surface area contributed by atoms with Gasteiger partial charge >= 0.3 is 0 Å². The van der Waals surface area contributed by atoms with Crippen molar-refractivity contribution in [1.82, 2.24) is 15.1 Å². The van der Waals surface area contributed by atoms with Gasteiger partial charge in [0.05, 0.1) is 6.42 Å². The summed E-state index contributed by atoms with van der Waals surface area (Å²) in [5.41, 5.74) is 0.958. The summed E-state index contributed by atoms with van der Waals surface area (Å²) < 4.78 is 0.934. The molecule has 0 atom stereocenters. The zero-order chi connectivity index (χ0) is 17.2. The van der Waals surface area contributed by atoms with Gasteiger partial charge in [-0.05, 0) is 38.7 Å². The van der Waals surface area contributed by atoms with E-state index in [2.05, 4.69) is 26.1 Å². The van der Waals surface area contributed by atoms with Gasteiger partial charge in [-0.2, -0.15) is 0 Å². The van der Waals surface area contributed by atoms with E-state index in [1.807, 2.05) is 38.4 Å². The first-order valence-corrected chi connectivity index (χ1v) is 8.59. The molecule has 0 saturated heterocycles. The van der Waals surface area contributed by atoms with Crippen LogP contribution in [0.4, 0.5) is 0 Å². The molecule has 0 aliphatic rings. The van der Waals surface area contributed by atoms with Crippen LogP contribution in [-0.4, -0.2) is 61.9 Å². The number of amides is 2. The number of benzene rings is 1. The minimum atomic E-state index is -0.0336. The maximum atomic E-state index is 12.0. The third-order valence-electron chi connectivity index (χ3n) is 3.49. The van der Waals surface area contributed by atoms with Crippen molar-refractivity contribution in [1.29, 1.82) is 0 Å². The van der Waals surface area contributed by atoms with Crippen LogP contribution in [0.3, 0.4) is 0 Å². The number of rotatable bonds is 9. The number of hydrogen-bond donors (Lipinski definition) is 1. The van der Waals surface area contributed by atoms with Gasteiger partial charge in [0.25, 0.3) is 0 Å². The maximum absolute atomic E-state index is 12.0. The Hall–Kier alpha value is -1.40. The Bertz CT molecular complexity index is 520. The van der Waals surface area contributed by atoms with Crippen molar-refractivity contribution in [2.24, 2.45) is 0 Å². The van der Waals surface area contributed by atoms with Gasteiger partial charge in [-0.15, -0.1) is 0 Å². The van der Waals surface area contributed by atoms with Crippen LogP contribution in [-0.2, 0) is 16.0 Å². The molecule has 0 spiro atoms. The lowest BCUT2D eigenvalue weighted by Gasteiger charge is -2.22. The van der Waals surface area contributed by atoms with Gasteiger partial charge in [0.15, 0.2) is 0 Å². The van der Waals surface area contributed by atoms with Crippen molar-refractivity contribution in [3.05, 3.63) is 34.3 Å². The van der Waals surface area contributed by atoms with Crippen molar-refractivity contribution in [3.63, 3.8) is 0 Å². The summed E-state index contributed by atoms with van der Waals surface area (Å²) in [6, 6.07) is 7.68. The monoisotopic (exact) mass is 383 g/mol. The van der Waals surface area contributed by atoms with Crippen LogP contribution in [0.15, 0.2) is 28.7 Å². The van der Waals surface area contributed by atoms with Crippen LogP contribution in [0.1, 0.15) is 18.9 Å². The highest BCUT2D eigenvalue weighted by Gasteiger charge is 2.10. The number of carbonyl (C=O) groups excluding carboxylic acids is 2. The number of carbonyl (C=O) groups is 2. The molecule has 5 nitrogen and oxygen atoms in total. The minimum Gasteiger partial charge on any atom is -0.354 e. The fraction of sp³-hybridized carbons (Fsp3) is 0.529. The van der Waals surface area contributed by atoms with E-state index >= 15 is 0 Å². The molecule has 23 heavy (non-hydrogen) atoms. The Kier molecular flexibility index (Phi) is 8.87. The first-order chi connectivity index (χ1) is 10.9. The van der Waals surface area contributed by atoms with Crippen LogP contribution in [0, 0.1) is 0 Å². The zero-order valence-corrected chi connectivity index (χ0v) is 15.7. The topological polar surface area (TPSA) is 52.7 Å². The normalized spacial score (nSPS) is 10.7. The molecule has 0 aliphatic heterocycles. The lowest BCUT2D eigenvalue weighted by molar-refractivity contribution is -0.129. The van der Waals surface area contributed by atoms with Crippen LogP contribution in [0.25, 0.3) is 0 Å². The van der Waals surface area contributed by atoms with Gasteiger partial charge in [0.1, 0.15) is 0 Å². The predicted molar refractivity (Wildman–Crippen MR) is 96.3 cm³/mol. The van der Waals surface area contributed by atoms with E-state index in [1.165, 1.54) is 0 Å². The fourth-order valence-electron chi connectivity index (χ4n) is 2.21. The van der Waals surface area contributed by atoms with Gasteiger partial charge in [0.2, 0.25) is 11.8 Å². The average Bonchev–Trinajstić information content (AvgIpc) is 2.47. The molecule has 128 valence electrons. The van der Waals surface area contributed by atoms with Crippen LogP contribution in [0.2, 0.25) is 0 Å². The van der Waals surface area contributed by atoms with Gasteiger partial charge in [-0.3, -0.25) is 9.59 Å².